The van der Waals surface area contributed by atoms with Crippen molar-refractivity contribution in [2.75, 3.05) is 13.1 Å². The Morgan fingerprint density at radius 3 is 3.03 bits per heavy atom. The van der Waals surface area contributed by atoms with Gasteiger partial charge in [0.25, 0.3) is 0 Å². The first-order valence-corrected chi connectivity index (χ1v) is 10.9. The molecule has 0 spiro atoms. The zero-order chi connectivity index (χ0) is 21.9. The molecule has 8 heteroatoms. The van der Waals surface area contributed by atoms with E-state index in [1.807, 2.05) is 37.3 Å². The zero-order valence-electron chi connectivity index (χ0n) is 17.9. The van der Waals surface area contributed by atoms with Crippen LogP contribution in [0.3, 0.4) is 0 Å². The number of ether oxygens (including phenoxy) is 1. The topological polar surface area (TPSA) is 90.1 Å². The van der Waals surface area contributed by atoms with Crippen LogP contribution in [0.25, 0.3) is 22.3 Å². The van der Waals surface area contributed by atoms with Crippen LogP contribution in [0.5, 0.6) is 0 Å². The molecule has 8 nitrogen and oxygen atoms in total. The zero-order valence-corrected chi connectivity index (χ0v) is 17.9. The number of aromatic nitrogens is 4. The van der Waals surface area contributed by atoms with Gasteiger partial charge in [0.2, 0.25) is 0 Å². The Morgan fingerprint density at radius 2 is 2.19 bits per heavy atom. The molecule has 3 aromatic rings. The second-order valence-electron chi connectivity index (χ2n) is 7.99. The van der Waals surface area contributed by atoms with E-state index in [2.05, 4.69) is 61.7 Å². The Balaban J connectivity index is 1.32. The van der Waals surface area contributed by atoms with E-state index in [-0.39, 0.29) is 18.0 Å². The molecule has 0 saturated carbocycles. The van der Waals surface area contributed by atoms with Crippen molar-refractivity contribution in [3.05, 3.63) is 83.2 Å². The number of allylic oxidation sites excluding steroid dienone is 3. The van der Waals surface area contributed by atoms with E-state index in [9.17, 15) is 4.79 Å². The number of nitrogens with one attached hydrogen (secondary N) is 2. The molecule has 0 bridgehead atoms. The Kier molecular flexibility index (Phi) is 5.70. The summed E-state index contributed by atoms with van der Waals surface area (Å²) in [4.78, 5) is 23.6. The van der Waals surface area contributed by atoms with E-state index in [0.717, 1.165) is 36.0 Å². The lowest BCUT2D eigenvalue weighted by molar-refractivity contribution is 0.0387. The van der Waals surface area contributed by atoms with E-state index < -0.39 is 0 Å². The molecule has 0 aliphatic carbocycles. The third kappa shape index (κ3) is 4.15. The highest BCUT2D eigenvalue weighted by atomic mass is 16.5. The Bertz CT molecular complexity index is 1240. The summed E-state index contributed by atoms with van der Waals surface area (Å²) in [6, 6.07) is 10.0. The van der Waals surface area contributed by atoms with E-state index >= 15 is 0 Å². The molecule has 2 aliphatic rings. The number of hydrogen-bond acceptors (Lipinski definition) is 6. The number of benzene rings is 1. The quantitative estimate of drug-likeness (QED) is 0.624. The summed E-state index contributed by atoms with van der Waals surface area (Å²) in [5, 5.41) is 8.51. The van der Waals surface area contributed by atoms with Gasteiger partial charge in [-0.3, -0.25) is 9.88 Å². The number of nitrogens with zero attached hydrogens (tertiary/aromatic N) is 4. The van der Waals surface area contributed by atoms with Gasteiger partial charge in [0.1, 0.15) is 11.9 Å². The van der Waals surface area contributed by atoms with Crippen LogP contribution >= 0.6 is 0 Å². The van der Waals surface area contributed by atoms with Gasteiger partial charge in [-0.2, -0.15) is 5.10 Å². The Hall–Kier alpha value is -3.49. The highest BCUT2D eigenvalue weighted by Gasteiger charge is 2.30. The number of rotatable bonds is 6. The summed E-state index contributed by atoms with van der Waals surface area (Å²) in [6.07, 6.45) is 13.9. The van der Waals surface area contributed by atoms with Crippen LogP contribution < -0.4 is 5.69 Å². The number of aromatic amines is 2. The molecule has 5 rings (SSSR count). The summed E-state index contributed by atoms with van der Waals surface area (Å²) >= 11 is 0. The standard InChI is InChI=1S/C24H26N6O2/c1-2-11-29-12-6-5-9-22(29)30-13-10-18(15-30)32-16-21-19-8-4-3-7-17(19)14-20(25-21)23-26-24(31)28-27-23/h2-9,11-12,14,18,22H,10,13,15-16H2,1H3,(H2,26,27,28,31)/t18-,22?/m0/s1. The highest BCUT2D eigenvalue weighted by Crippen LogP contribution is 2.25. The van der Waals surface area contributed by atoms with Gasteiger partial charge in [-0.1, -0.05) is 36.4 Å². The van der Waals surface area contributed by atoms with Crippen molar-refractivity contribution < 1.29 is 4.74 Å². The fourth-order valence-corrected chi connectivity index (χ4v) is 4.34. The van der Waals surface area contributed by atoms with E-state index in [4.69, 9.17) is 9.72 Å². The summed E-state index contributed by atoms with van der Waals surface area (Å²) in [5.41, 5.74) is 1.11. The maximum Gasteiger partial charge on any atom is 0.340 e. The molecule has 0 amide bonds. The fourth-order valence-electron chi connectivity index (χ4n) is 4.34. The van der Waals surface area contributed by atoms with Crippen LogP contribution in [0, 0.1) is 0 Å². The van der Waals surface area contributed by atoms with Gasteiger partial charge in [-0.05, 0) is 36.9 Å². The van der Waals surface area contributed by atoms with Gasteiger partial charge >= 0.3 is 5.69 Å². The third-order valence-corrected chi connectivity index (χ3v) is 5.85. The fraction of sp³-hybridized carbons (Fsp3) is 0.292. The molecule has 2 aliphatic heterocycles. The van der Waals surface area contributed by atoms with Crippen molar-refractivity contribution in [3.63, 3.8) is 0 Å². The largest absolute Gasteiger partial charge is 0.371 e. The molecule has 1 unspecified atom stereocenters. The van der Waals surface area contributed by atoms with Gasteiger partial charge < -0.3 is 9.64 Å². The third-order valence-electron chi connectivity index (χ3n) is 5.85. The first-order valence-electron chi connectivity index (χ1n) is 10.9. The number of fused-ring (bicyclic) bond motifs is 1. The van der Waals surface area contributed by atoms with Crippen LogP contribution in [0.1, 0.15) is 19.0 Å². The minimum absolute atomic E-state index is 0.135. The van der Waals surface area contributed by atoms with Crippen molar-refractivity contribution in [2.24, 2.45) is 0 Å². The van der Waals surface area contributed by atoms with Crippen LogP contribution in [-0.2, 0) is 11.3 Å². The first kappa shape index (κ1) is 20.4. The van der Waals surface area contributed by atoms with Crippen LogP contribution in [0.2, 0.25) is 0 Å². The number of pyridine rings is 1. The maximum atomic E-state index is 11.5. The molecule has 4 heterocycles. The molecular formula is C24H26N6O2. The van der Waals surface area contributed by atoms with Crippen LogP contribution in [0.4, 0.5) is 0 Å². The van der Waals surface area contributed by atoms with Gasteiger partial charge in [0.05, 0.1) is 18.4 Å². The monoisotopic (exact) mass is 430 g/mol. The Labute approximate surface area is 185 Å². The highest BCUT2D eigenvalue weighted by molar-refractivity contribution is 5.87. The molecule has 1 aromatic carbocycles. The van der Waals surface area contributed by atoms with Crippen LogP contribution in [-0.4, -0.2) is 55.3 Å². The molecule has 32 heavy (non-hydrogen) atoms. The summed E-state index contributed by atoms with van der Waals surface area (Å²) < 4.78 is 6.33. The minimum atomic E-state index is -0.350. The predicted octanol–water partition coefficient (Wildman–Crippen LogP) is 3.15. The van der Waals surface area contributed by atoms with Crippen molar-refractivity contribution in [3.8, 4) is 11.5 Å². The van der Waals surface area contributed by atoms with Gasteiger partial charge in [-0.15, -0.1) is 0 Å². The van der Waals surface area contributed by atoms with Crippen molar-refractivity contribution in [2.45, 2.75) is 32.2 Å². The predicted molar refractivity (Wildman–Crippen MR) is 123 cm³/mol. The number of H-pyrrole nitrogens is 2. The van der Waals surface area contributed by atoms with E-state index in [0.29, 0.717) is 18.1 Å². The number of likely N-dealkylation sites (tertiary alicyclic amines) is 1. The molecule has 1 fully saturated rings. The molecule has 164 valence electrons. The lowest BCUT2D eigenvalue weighted by Crippen LogP contribution is -2.42. The lowest BCUT2D eigenvalue weighted by Gasteiger charge is -2.34. The van der Waals surface area contributed by atoms with Gasteiger partial charge in [0, 0.05) is 30.9 Å². The normalized spacial score (nSPS) is 21.3. The van der Waals surface area contributed by atoms with Crippen molar-refractivity contribution >= 4 is 10.8 Å². The average molecular weight is 431 g/mol. The first-order chi connectivity index (χ1) is 15.7. The lowest BCUT2D eigenvalue weighted by atomic mass is 10.1. The molecule has 2 aromatic heterocycles. The summed E-state index contributed by atoms with van der Waals surface area (Å²) in [5.74, 6) is 0.426. The second-order valence-corrected chi connectivity index (χ2v) is 7.99. The maximum absolute atomic E-state index is 11.5. The molecular weight excluding hydrogens is 404 g/mol. The van der Waals surface area contributed by atoms with E-state index in [1.54, 1.807) is 0 Å². The molecule has 2 atom stereocenters. The van der Waals surface area contributed by atoms with Crippen molar-refractivity contribution in [1.82, 2.24) is 30.0 Å². The minimum Gasteiger partial charge on any atom is -0.371 e. The summed E-state index contributed by atoms with van der Waals surface area (Å²) in [7, 11) is 0. The SMILES string of the molecule is CC=CN1C=CC=CC1N1CC[C@H](OCc2nc(-c3n[nH]c(=O)[nH]3)cc3ccccc23)C1. The summed E-state index contributed by atoms with van der Waals surface area (Å²) in [6.45, 7) is 4.27. The van der Waals surface area contributed by atoms with E-state index in [1.165, 1.54) is 0 Å². The molecule has 2 N–H and O–H groups in total. The van der Waals surface area contributed by atoms with Crippen molar-refractivity contribution in [1.29, 1.82) is 0 Å². The smallest absolute Gasteiger partial charge is 0.340 e. The average Bonchev–Trinajstić information content (AvgIpc) is 3.47. The van der Waals surface area contributed by atoms with Gasteiger partial charge in [-0.25, -0.2) is 14.9 Å². The second kappa shape index (κ2) is 8.94. The molecule has 0 radical (unpaired) electrons. The number of hydrogen-bond donors (Lipinski definition) is 2. The Morgan fingerprint density at radius 1 is 1.28 bits per heavy atom. The van der Waals surface area contributed by atoms with Gasteiger partial charge in [0.15, 0.2) is 5.82 Å². The van der Waals surface area contributed by atoms with Crippen LogP contribution in [0.15, 0.2) is 71.8 Å². The molecule has 1 saturated heterocycles.